The molecule has 0 spiro atoms. The summed E-state index contributed by atoms with van der Waals surface area (Å²) < 4.78 is 0. The van der Waals surface area contributed by atoms with E-state index >= 15 is 0 Å². The van der Waals surface area contributed by atoms with Gasteiger partial charge in [-0.3, -0.25) is 4.79 Å². The van der Waals surface area contributed by atoms with Crippen LogP contribution in [0.15, 0.2) is 18.2 Å². The number of carbonyl (C=O) groups excluding carboxylic acids is 1. The van der Waals surface area contributed by atoms with Crippen LogP contribution in [0.3, 0.4) is 0 Å². The predicted octanol–water partition coefficient (Wildman–Crippen LogP) is 3.14. The Balaban J connectivity index is 2.06. The molecule has 1 saturated carbocycles. The molecule has 1 fully saturated rings. The number of hydrogen-bond acceptors (Lipinski definition) is 1. The summed E-state index contributed by atoms with van der Waals surface area (Å²) in [6.07, 6.45) is 1.05. The van der Waals surface area contributed by atoms with Crippen LogP contribution in [-0.2, 0) is 4.79 Å². The van der Waals surface area contributed by atoms with Crippen LogP contribution in [0.5, 0.6) is 0 Å². The Labute approximate surface area is 103 Å². The molecule has 3 atom stereocenters. The van der Waals surface area contributed by atoms with E-state index in [9.17, 15) is 4.79 Å². The molecule has 92 valence electrons. The second-order valence-corrected chi connectivity index (χ2v) is 5.41. The van der Waals surface area contributed by atoms with E-state index in [0.717, 1.165) is 6.42 Å². The van der Waals surface area contributed by atoms with Crippen LogP contribution >= 0.6 is 0 Å². The Morgan fingerprint density at radius 1 is 1.41 bits per heavy atom. The molecular weight excluding hydrogens is 210 g/mol. The lowest BCUT2D eigenvalue weighted by Crippen LogP contribution is -2.28. The molecule has 0 aromatic heterocycles. The zero-order chi connectivity index (χ0) is 12.6. The fraction of sp³-hybridized carbons (Fsp3) is 0.533. The van der Waals surface area contributed by atoms with Crippen molar-refractivity contribution in [1.29, 1.82) is 0 Å². The van der Waals surface area contributed by atoms with E-state index in [1.807, 2.05) is 0 Å². The lowest BCUT2D eigenvalue weighted by molar-refractivity contribution is -0.123. The average molecular weight is 231 g/mol. The van der Waals surface area contributed by atoms with Crippen molar-refractivity contribution in [3.8, 4) is 0 Å². The van der Waals surface area contributed by atoms with Crippen molar-refractivity contribution < 1.29 is 4.79 Å². The molecule has 0 saturated heterocycles. The topological polar surface area (TPSA) is 29.1 Å². The van der Waals surface area contributed by atoms with Gasteiger partial charge in [0.15, 0.2) is 0 Å². The monoisotopic (exact) mass is 231 g/mol. The van der Waals surface area contributed by atoms with Gasteiger partial charge >= 0.3 is 0 Å². The molecule has 0 bridgehead atoms. The Morgan fingerprint density at radius 3 is 2.65 bits per heavy atom. The Hall–Kier alpha value is -1.31. The maximum absolute atomic E-state index is 11.9. The zero-order valence-corrected chi connectivity index (χ0v) is 11.1. The third-order valence-electron chi connectivity index (χ3n) is 3.71. The van der Waals surface area contributed by atoms with Gasteiger partial charge in [0.05, 0.1) is 6.04 Å². The van der Waals surface area contributed by atoms with Crippen LogP contribution in [0.2, 0.25) is 0 Å². The molecule has 2 heteroatoms. The maximum Gasteiger partial charge on any atom is 0.223 e. The predicted molar refractivity (Wildman–Crippen MR) is 69.7 cm³/mol. The zero-order valence-electron chi connectivity index (χ0n) is 11.1. The fourth-order valence-electron chi connectivity index (χ4n) is 2.31. The van der Waals surface area contributed by atoms with E-state index in [1.165, 1.54) is 16.7 Å². The Morgan fingerprint density at radius 2 is 2.06 bits per heavy atom. The highest BCUT2D eigenvalue weighted by molar-refractivity contribution is 5.81. The van der Waals surface area contributed by atoms with Crippen molar-refractivity contribution >= 4 is 5.91 Å². The van der Waals surface area contributed by atoms with Gasteiger partial charge in [0, 0.05) is 5.92 Å². The third kappa shape index (κ3) is 2.68. The molecule has 0 heterocycles. The van der Waals surface area contributed by atoms with Crippen LogP contribution in [-0.4, -0.2) is 5.91 Å². The first-order valence-electron chi connectivity index (χ1n) is 6.36. The van der Waals surface area contributed by atoms with Crippen LogP contribution in [0, 0.1) is 25.7 Å². The Kier molecular flexibility index (Phi) is 3.23. The number of nitrogens with one attached hydrogen (secondary N) is 1. The van der Waals surface area contributed by atoms with Gasteiger partial charge in [-0.05, 0) is 44.2 Å². The van der Waals surface area contributed by atoms with Gasteiger partial charge in [-0.25, -0.2) is 0 Å². The van der Waals surface area contributed by atoms with Gasteiger partial charge in [-0.2, -0.15) is 0 Å². The van der Waals surface area contributed by atoms with Crippen LogP contribution in [0.1, 0.15) is 43.0 Å². The third-order valence-corrected chi connectivity index (χ3v) is 3.71. The number of aryl methyl sites for hydroxylation is 2. The largest absolute Gasteiger partial charge is 0.349 e. The number of amides is 1. The van der Waals surface area contributed by atoms with Gasteiger partial charge in [0.2, 0.25) is 5.91 Å². The summed E-state index contributed by atoms with van der Waals surface area (Å²) >= 11 is 0. The lowest BCUT2D eigenvalue weighted by Gasteiger charge is -2.17. The quantitative estimate of drug-likeness (QED) is 0.850. The minimum Gasteiger partial charge on any atom is -0.349 e. The smallest absolute Gasteiger partial charge is 0.223 e. The van der Waals surface area contributed by atoms with Gasteiger partial charge in [0.25, 0.3) is 0 Å². The van der Waals surface area contributed by atoms with Crippen LogP contribution in [0.25, 0.3) is 0 Å². The summed E-state index contributed by atoms with van der Waals surface area (Å²) in [6.45, 7) is 8.37. The van der Waals surface area contributed by atoms with E-state index in [-0.39, 0.29) is 17.9 Å². The molecule has 0 radical (unpaired) electrons. The number of hydrogen-bond donors (Lipinski definition) is 1. The van der Waals surface area contributed by atoms with Crippen molar-refractivity contribution in [1.82, 2.24) is 5.32 Å². The molecule has 17 heavy (non-hydrogen) atoms. The first-order valence-corrected chi connectivity index (χ1v) is 6.36. The van der Waals surface area contributed by atoms with Crippen molar-refractivity contribution in [3.05, 3.63) is 34.9 Å². The normalized spacial score (nSPS) is 24.2. The molecule has 1 aromatic rings. The Bertz CT molecular complexity index is 439. The fourth-order valence-corrected chi connectivity index (χ4v) is 2.31. The molecule has 1 aromatic carbocycles. The van der Waals surface area contributed by atoms with E-state index in [4.69, 9.17) is 0 Å². The van der Waals surface area contributed by atoms with Gasteiger partial charge in [-0.1, -0.05) is 30.7 Å². The van der Waals surface area contributed by atoms with Crippen molar-refractivity contribution in [2.75, 3.05) is 0 Å². The maximum atomic E-state index is 11.9. The summed E-state index contributed by atoms with van der Waals surface area (Å²) in [7, 11) is 0. The molecule has 2 nitrogen and oxygen atoms in total. The van der Waals surface area contributed by atoms with Crippen molar-refractivity contribution in [2.24, 2.45) is 11.8 Å². The second kappa shape index (κ2) is 4.52. The van der Waals surface area contributed by atoms with Crippen LogP contribution < -0.4 is 5.32 Å². The first-order chi connectivity index (χ1) is 7.99. The lowest BCUT2D eigenvalue weighted by atomic mass is 10.00. The summed E-state index contributed by atoms with van der Waals surface area (Å²) in [4.78, 5) is 11.9. The average Bonchev–Trinajstić information content (AvgIpc) is 2.99. The standard InChI is InChI=1S/C15H21NO/c1-9-5-6-10(2)13(7-9)12(4)16-15(17)14-8-11(14)3/h5-7,11-12,14H,8H2,1-4H3,(H,16,17)/t11-,12+,14+/m0/s1. The molecule has 2 rings (SSSR count). The van der Waals surface area contributed by atoms with E-state index < -0.39 is 0 Å². The molecular formula is C15H21NO. The van der Waals surface area contributed by atoms with Gasteiger partial charge < -0.3 is 5.32 Å². The van der Waals surface area contributed by atoms with E-state index in [2.05, 4.69) is 51.2 Å². The van der Waals surface area contributed by atoms with Crippen molar-refractivity contribution in [3.63, 3.8) is 0 Å². The summed E-state index contributed by atoms with van der Waals surface area (Å²) in [5.74, 6) is 1.04. The summed E-state index contributed by atoms with van der Waals surface area (Å²) in [6, 6.07) is 6.50. The minimum absolute atomic E-state index is 0.107. The molecule has 1 N–H and O–H groups in total. The number of carbonyl (C=O) groups is 1. The highest BCUT2D eigenvalue weighted by atomic mass is 16.2. The van der Waals surface area contributed by atoms with E-state index in [1.54, 1.807) is 0 Å². The minimum atomic E-state index is 0.107. The van der Waals surface area contributed by atoms with Crippen molar-refractivity contribution in [2.45, 2.75) is 40.2 Å². The van der Waals surface area contributed by atoms with Gasteiger partial charge in [-0.15, -0.1) is 0 Å². The summed E-state index contributed by atoms with van der Waals surface area (Å²) in [5, 5.41) is 3.12. The number of rotatable bonds is 3. The second-order valence-electron chi connectivity index (χ2n) is 5.41. The molecule has 1 aliphatic rings. The first kappa shape index (κ1) is 12.2. The molecule has 0 unspecified atom stereocenters. The highest BCUT2D eigenvalue weighted by Gasteiger charge is 2.39. The summed E-state index contributed by atoms with van der Waals surface area (Å²) in [5.41, 5.74) is 3.71. The van der Waals surface area contributed by atoms with Crippen LogP contribution in [0.4, 0.5) is 0 Å². The number of benzene rings is 1. The SMILES string of the molecule is Cc1ccc(C)c([C@@H](C)NC(=O)[C@@H]2C[C@@H]2C)c1. The molecule has 1 aliphatic carbocycles. The van der Waals surface area contributed by atoms with Gasteiger partial charge in [0.1, 0.15) is 0 Å². The van der Waals surface area contributed by atoms with E-state index in [0.29, 0.717) is 5.92 Å². The highest BCUT2D eigenvalue weighted by Crippen LogP contribution is 2.38. The molecule has 1 amide bonds. The molecule has 0 aliphatic heterocycles.